The molecule has 2 rings (SSSR count). The van der Waals surface area contributed by atoms with Crippen LogP contribution in [0.4, 0.5) is 0 Å². The number of benzene rings is 1. The van der Waals surface area contributed by atoms with Gasteiger partial charge in [0.05, 0.1) is 13.1 Å². The van der Waals surface area contributed by atoms with E-state index in [1.54, 1.807) is 19.0 Å². The Kier molecular flexibility index (Phi) is 3.60. The van der Waals surface area contributed by atoms with Crippen molar-refractivity contribution in [3.05, 3.63) is 29.6 Å². The monoisotopic (exact) mass is 260 g/mol. The number of carbonyl (C=O) groups is 1. The Morgan fingerprint density at radius 1 is 1.32 bits per heavy atom. The highest BCUT2D eigenvalue weighted by molar-refractivity contribution is 5.96. The fraction of sp³-hybridized carbons (Fsp3) is 0.467. The van der Waals surface area contributed by atoms with Gasteiger partial charge in [-0.05, 0) is 26.0 Å². The van der Waals surface area contributed by atoms with Crippen molar-refractivity contribution in [1.29, 1.82) is 0 Å². The molecular formula is C15H22N3O+. The molecule has 4 heteroatoms. The van der Waals surface area contributed by atoms with Gasteiger partial charge >= 0.3 is 0 Å². The largest absolute Gasteiger partial charge is 0.345 e. The van der Waals surface area contributed by atoms with Crippen molar-refractivity contribution in [2.24, 2.45) is 0 Å². The second kappa shape index (κ2) is 5.03. The van der Waals surface area contributed by atoms with Gasteiger partial charge in [0.15, 0.2) is 11.0 Å². The van der Waals surface area contributed by atoms with Gasteiger partial charge in [-0.1, -0.05) is 0 Å². The van der Waals surface area contributed by atoms with Gasteiger partial charge in [0.2, 0.25) is 0 Å². The molecule has 0 bridgehead atoms. The predicted molar refractivity (Wildman–Crippen MR) is 76.2 cm³/mol. The zero-order valence-electron chi connectivity index (χ0n) is 12.4. The lowest BCUT2D eigenvalue weighted by molar-refractivity contribution is -0.674. The SMILES string of the molecule is CCn1c(C)[n+](CC)c2ccc(C(=O)N(C)C)cc21. The van der Waals surface area contributed by atoms with E-state index in [9.17, 15) is 4.79 Å². The summed E-state index contributed by atoms with van der Waals surface area (Å²) in [6.07, 6.45) is 0. The molecule has 0 aliphatic heterocycles. The molecule has 1 heterocycles. The maximum atomic E-state index is 12.1. The molecule has 0 radical (unpaired) electrons. The van der Waals surface area contributed by atoms with Gasteiger partial charge in [0, 0.05) is 32.6 Å². The van der Waals surface area contributed by atoms with E-state index >= 15 is 0 Å². The second-order valence-electron chi connectivity index (χ2n) is 4.94. The Labute approximate surface area is 114 Å². The van der Waals surface area contributed by atoms with Crippen LogP contribution in [0.2, 0.25) is 0 Å². The third-order valence-corrected chi connectivity index (χ3v) is 3.62. The Morgan fingerprint density at radius 2 is 2.00 bits per heavy atom. The molecule has 0 atom stereocenters. The second-order valence-corrected chi connectivity index (χ2v) is 4.94. The van der Waals surface area contributed by atoms with E-state index < -0.39 is 0 Å². The van der Waals surface area contributed by atoms with E-state index in [4.69, 9.17) is 0 Å². The van der Waals surface area contributed by atoms with E-state index in [2.05, 4.69) is 36.0 Å². The van der Waals surface area contributed by atoms with E-state index in [0.717, 1.165) is 24.2 Å². The Hall–Kier alpha value is -1.84. The number of aromatic nitrogens is 2. The molecule has 0 spiro atoms. The van der Waals surface area contributed by atoms with Crippen LogP contribution in [0.3, 0.4) is 0 Å². The molecule has 0 fully saturated rings. The molecule has 1 amide bonds. The fourth-order valence-electron chi connectivity index (χ4n) is 2.65. The first-order valence-electron chi connectivity index (χ1n) is 6.75. The van der Waals surface area contributed by atoms with Gasteiger partial charge in [-0.2, -0.15) is 0 Å². The number of fused-ring (bicyclic) bond motifs is 1. The topological polar surface area (TPSA) is 29.1 Å². The standard InChI is InChI=1S/C15H22N3O/c1-6-17-11(3)18(7-2)14-10-12(8-9-13(14)17)15(19)16(4)5/h8-10H,6-7H2,1-5H3/q+1. The highest BCUT2D eigenvalue weighted by Crippen LogP contribution is 2.17. The number of imidazole rings is 1. The zero-order chi connectivity index (χ0) is 14.2. The van der Waals surface area contributed by atoms with Crippen LogP contribution >= 0.6 is 0 Å². The highest BCUT2D eigenvalue weighted by Gasteiger charge is 2.21. The molecule has 0 aliphatic carbocycles. The molecule has 1 aromatic carbocycles. The van der Waals surface area contributed by atoms with E-state index in [-0.39, 0.29) is 5.91 Å². The molecule has 4 nitrogen and oxygen atoms in total. The highest BCUT2D eigenvalue weighted by atomic mass is 16.2. The number of hydrogen-bond acceptors (Lipinski definition) is 1. The van der Waals surface area contributed by atoms with Crippen molar-refractivity contribution in [3.63, 3.8) is 0 Å². The lowest BCUT2D eigenvalue weighted by Gasteiger charge is -2.09. The van der Waals surface area contributed by atoms with Crippen molar-refractivity contribution >= 4 is 16.9 Å². The van der Waals surface area contributed by atoms with Gasteiger partial charge in [0.25, 0.3) is 11.7 Å². The molecule has 0 saturated heterocycles. The molecule has 19 heavy (non-hydrogen) atoms. The van der Waals surface area contributed by atoms with Gasteiger partial charge in [-0.15, -0.1) is 0 Å². The first-order valence-corrected chi connectivity index (χ1v) is 6.75. The summed E-state index contributed by atoms with van der Waals surface area (Å²) in [5.41, 5.74) is 3.07. The molecule has 2 aromatic rings. The van der Waals surface area contributed by atoms with Crippen LogP contribution in [-0.4, -0.2) is 29.5 Å². The van der Waals surface area contributed by atoms with Crippen LogP contribution in [0, 0.1) is 6.92 Å². The quantitative estimate of drug-likeness (QED) is 0.776. The summed E-state index contributed by atoms with van der Waals surface area (Å²) in [7, 11) is 3.56. The summed E-state index contributed by atoms with van der Waals surface area (Å²) >= 11 is 0. The van der Waals surface area contributed by atoms with Gasteiger partial charge in [0.1, 0.15) is 0 Å². The van der Waals surface area contributed by atoms with Crippen LogP contribution in [0.15, 0.2) is 18.2 Å². The third-order valence-electron chi connectivity index (χ3n) is 3.62. The van der Waals surface area contributed by atoms with Crippen LogP contribution in [-0.2, 0) is 13.1 Å². The van der Waals surface area contributed by atoms with Crippen LogP contribution < -0.4 is 4.57 Å². The summed E-state index contributed by atoms with van der Waals surface area (Å²) < 4.78 is 4.54. The minimum atomic E-state index is 0.0476. The average Bonchev–Trinajstić information content (AvgIpc) is 2.67. The molecule has 0 aliphatic rings. The van der Waals surface area contributed by atoms with E-state index in [1.165, 1.54) is 11.3 Å². The Morgan fingerprint density at radius 3 is 2.53 bits per heavy atom. The maximum Gasteiger partial charge on any atom is 0.254 e. The van der Waals surface area contributed by atoms with Gasteiger partial charge in [-0.25, -0.2) is 9.13 Å². The summed E-state index contributed by atoms with van der Waals surface area (Å²) in [4.78, 5) is 13.7. The Bertz CT molecular complexity index is 626. The van der Waals surface area contributed by atoms with Gasteiger partial charge in [-0.3, -0.25) is 4.79 Å². The lowest BCUT2D eigenvalue weighted by Crippen LogP contribution is -2.35. The van der Waals surface area contributed by atoms with E-state index in [1.807, 2.05) is 12.1 Å². The van der Waals surface area contributed by atoms with Crippen LogP contribution in [0.25, 0.3) is 11.0 Å². The first kappa shape index (κ1) is 13.6. The van der Waals surface area contributed by atoms with E-state index in [0.29, 0.717) is 0 Å². The summed E-state index contributed by atoms with van der Waals surface area (Å²) in [5.74, 6) is 1.28. The minimum Gasteiger partial charge on any atom is -0.345 e. The summed E-state index contributed by atoms with van der Waals surface area (Å²) in [6, 6.07) is 5.96. The number of aryl methyl sites for hydroxylation is 2. The fourth-order valence-corrected chi connectivity index (χ4v) is 2.65. The van der Waals surface area contributed by atoms with Crippen LogP contribution in [0.5, 0.6) is 0 Å². The van der Waals surface area contributed by atoms with Crippen molar-refractivity contribution < 1.29 is 9.36 Å². The average molecular weight is 260 g/mol. The van der Waals surface area contributed by atoms with Crippen LogP contribution in [0.1, 0.15) is 30.0 Å². The smallest absolute Gasteiger partial charge is 0.254 e. The predicted octanol–water partition coefficient (Wildman–Crippen LogP) is 1.98. The molecule has 1 aromatic heterocycles. The Balaban J connectivity index is 2.69. The molecule has 0 N–H and O–H groups in total. The van der Waals surface area contributed by atoms with Crippen molar-refractivity contribution in [2.75, 3.05) is 14.1 Å². The lowest BCUT2D eigenvalue weighted by atomic mass is 10.1. The summed E-state index contributed by atoms with van der Waals surface area (Å²) in [6.45, 7) is 8.25. The minimum absolute atomic E-state index is 0.0476. The maximum absolute atomic E-state index is 12.1. The molecular weight excluding hydrogens is 238 g/mol. The number of rotatable bonds is 3. The van der Waals surface area contributed by atoms with Gasteiger partial charge < -0.3 is 4.90 Å². The summed E-state index contributed by atoms with van der Waals surface area (Å²) in [5, 5.41) is 0. The first-order chi connectivity index (χ1) is 9.01. The number of hydrogen-bond donors (Lipinski definition) is 0. The molecule has 0 saturated carbocycles. The molecule has 0 unspecified atom stereocenters. The zero-order valence-corrected chi connectivity index (χ0v) is 12.4. The van der Waals surface area contributed by atoms with Crippen molar-refractivity contribution in [1.82, 2.24) is 9.47 Å². The number of carbonyl (C=O) groups excluding carboxylic acids is 1. The third kappa shape index (κ3) is 2.11. The number of amides is 1. The number of nitrogens with zero attached hydrogens (tertiary/aromatic N) is 3. The molecule has 102 valence electrons. The van der Waals surface area contributed by atoms with Crippen molar-refractivity contribution in [2.45, 2.75) is 33.9 Å². The normalized spacial score (nSPS) is 11.0. The van der Waals surface area contributed by atoms with Crippen molar-refractivity contribution in [3.8, 4) is 0 Å².